The van der Waals surface area contributed by atoms with Crippen LogP contribution in [0.5, 0.6) is 0 Å². The van der Waals surface area contributed by atoms with Gasteiger partial charge in [0.1, 0.15) is 46.8 Å². The molecule has 0 amide bonds. The maximum atomic E-state index is 12.9. The molecular formula is C50H80N2O10. The summed E-state index contributed by atoms with van der Waals surface area (Å²) in [6.45, 7) is 19.0. The van der Waals surface area contributed by atoms with Crippen LogP contribution in [0.4, 0.5) is 0 Å². The van der Waals surface area contributed by atoms with Gasteiger partial charge in [0, 0.05) is 39.6 Å². The number of fused-ring (bicyclic) bond motifs is 3. The number of esters is 2. The Morgan fingerprint density at radius 3 is 1.66 bits per heavy atom. The number of nitrogens with zero attached hydrogens (tertiary/aromatic N) is 2. The number of likely N-dealkylation sites (tertiary alicyclic amines) is 1. The second kappa shape index (κ2) is 18.8. The first-order chi connectivity index (χ1) is 29.6. The first-order valence-corrected chi connectivity index (χ1v) is 24.4. The summed E-state index contributed by atoms with van der Waals surface area (Å²) in [4.78, 5) is 30.5. The Morgan fingerprint density at radius 2 is 1.24 bits per heavy atom. The Kier molecular flexibility index (Phi) is 14.1. The van der Waals surface area contributed by atoms with Crippen LogP contribution in [0.25, 0.3) is 0 Å². The maximum Gasteiger partial charge on any atom is 0.306 e. The van der Waals surface area contributed by atoms with Crippen molar-refractivity contribution in [3.05, 3.63) is 23.3 Å². The zero-order chi connectivity index (χ0) is 44.0. The fourth-order valence-corrected chi connectivity index (χ4v) is 12.9. The molecule has 2 unspecified atom stereocenters. The van der Waals surface area contributed by atoms with Crippen LogP contribution in [0.3, 0.4) is 0 Å². The molecule has 0 aromatic rings. The number of hydrogen-bond donors (Lipinski definition) is 0. The number of carbonyl (C=O) groups excluding carboxylic acids is 2. The molecule has 2 aliphatic carbocycles. The van der Waals surface area contributed by atoms with Crippen molar-refractivity contribution in [3.8, 4) is 0 Å². The molecule has 12 nitrogen and oxygen atoms in total. The van der Waals surface area contributed by atoms with Crippen molar-refractivity contribution in [2.45, 2.75) is 197 Å². The summed E-state index contributed by atoms with van der Waals surface area (Å²) in [5.41, 5.74) is 1.68. The van der Waals surface area contributed by atoms with Crippen LogP contribution in [0.1, 0.15) is 131 Å². The van der Waals surface area contributed by atoms with E-state index in [0.29, 0.717) is 30.7 Å². The first-order valence-electron chi connectivity index (χ1n) is 24.4. The first kappa shape index (κ1) is 46.6. The van der Waals surface area contributed by atoms with Gasteiger partial charge in [0.15, 0.2) is 0 Å². The summed E-state index contributed by atoms with van der Waals surface area (Å²) in [5.74, 6) is 1.16. The molecule has 8 aliphatic heterocycles. The SMILES string of the molecule is CO[C@@H]1[C@H](OC(=O)CC2CN3CCC2CC3)CC[C@]2(CO2)[C@H]1[C@]1(C)O[C@@H]1CC=C(C)C.CO[C@@H]1[C@H](OC(=O)CCCC2CCCN2C)CC[C@]2(CO2)[C@H]1[C@]1(C)O[C@@H]1CC=C(C)C. The minimum absolute atomic E-state index is 0.0554. The highest BCUT2D eigenvalue weighted by molar-refractivity contribution is 5.70. The number of carbonyl (C=O) groups is 2. The Hall–Kier alpha value is -1.90. The van der Waals surface area contributed by atoms with E-state index >= 15 is 0 Å². The molecule has 8 saturated heterocycles. The van der Waals surface area contributed by atoms with E-state index in [1.807, 2.05) is 0 Å². The van der Waals surface area contributed by atoms with E-state index in [2.05, 4.69) is 70.5 Å². The number of piperidine rings is 3. The van der Waals surface area contributed by atoms with Gasteiger partial charge in [-0.1, -0.05) is 23.3 Å². The summed E-state index contributed by atoms with van der Waals surface area (Å²) in [6, 6.07) is 0.621. The predicted octanol–water partition coefficient (Wildman–Crippen LogP) is 7.21. The molecule has 10 aliphatic rings. The van der Waals surface area contributed by atoms with Crippen LogP contribution >= 0.6 is 0 Å². The topological polar surface area (TPSA) is 128 Å². The molecular weight excluding hydrogens is 789 g/mol. The van der Waals surface area contributed by atoms with Gasteiger partial charge < -0.3 is 47.7 Å². The Morgan fingerprint density at radius 1 is 0.726 bits per heavy atom. The number of hydrogen-bond acceptors (Lipinski definition) is 12. The van der Waals surface area contributed by atoms with Crippen molar-refractivity contribution in [1.29, 1.82) is 0 Å². The zero-order valence-electron chi connectivity index (χ0n) is 39.6. The molecule has 0 aromatic heterocycles. The molecule has 0 aromatic carbocycles. The van der Waals surface area contributed by atoms with Crippen LogP contribution in [-0.2, 0) is 47.5 Å². The molecule has 2 spiro atoms. The minimum atomic E-state index is -0.290. The second-order valence-corrected chi connectivity index (χ2v) is 21.6. The summed E-state index contributed by atoms with van der Waals surface area (Å²) >= 11 is 0. The average molecular weight is 869 g/mol. The lowest BCUT2D eigenvalue weighted by Gasteiger charge is -2.45. The van der Waals surface area contributed by atoms with Crippen LogP contribution in [0.2, 0.25) is 0 Å². The van der Waals surface area contributed by atoms with Gasteiger partial charge in [-0.25, -0.2) is 0 Å². The maximum absolute atomic E-state index is 12.9. The fourth-order valence-electron chi connectivity index (χ4n) is 12.9. The summed E-state index contributed by atoms with van der Waals surface area (Å²) in [5, 5.41) is 0. The van der Waals surface area contributed by atoms with E-state index in [1.54, 1.807) is 14.2 Å². The molecule has 2 saturated carbocycles. The van der Waals surface area contributed by atoms with Crippen molar-refractivity contribution in [2.75, 3.05) is 60.7 Å². The second-order valence-electron chi connectivity index (χ2n) is 21.6. The molecule has 8 heterocycles. The van der Waals surface area contributed by atoms with Crippen LogP contribution in [0, 0.1) is 23.7 Å². The molecule has 2 bridgehead atoms. The standard InChI is InChI=1S/C25H39NO5.C25H41NO5/c1-16(2)5-6-20-24(3,31-20)23-22(28-4)19(7-10-25(23)15-29-25)30-21(27)13-18-14-26-11-8-17(18)9-12-26;1-17(2)11-12-20-24(3,31-20)23-22(28-5)19(13-14-25(23)16-29-25)30-21(27)10-6-8-18-9-7-15-26(18)4/h5,17-20,22-23H,6-15H2,1-4H3;11,18-20,22-23H,6-10,12-16H2,1-5H3/t2*18?,19-,20-,22-,23-,24-,25+/m11/s1. The van der Waals surface area contributed by atoms with Gasteiger partial charge >= 0.3 is 11.9 Å². The highest BCUT2D eigenvalue weighted by Gasteiger charge is 2.73. The summed E-state index contributed by atoms with van der Waals surface area (Å²) < 4.78 is 48.6. The quantitative estimate of drug-likeness (QED) is 0.0884. The van der Waals surface area contributed by atoms with Crippen LogP contribution < -0.4 is 0 Å². The highest BCUT2D eigenvalue weighted by atomic mass is 16.6. The van der Waals surface area contributed by atoms with Crippen LogP contribution in [-0.4, -0.2) is 147 Å². The molecule has 10 fully saturated rings. The Labute approximate surface area is 372 Å². The molecule has 0 radical (unpaired) electrons. The number of methoxy groups -OCH3 is 2. The molecule has 62 heavy (non-hydrogen) atoms. The number of rotatable bonds is 16. The van der Waals surface area contributed by atoms with Crippen LogP contribution in [0.15, 0.2) is 23.3 Å². The van der Waals surface area contributed by atoms with Gasteiger partial charge in [0.05, 0.1) is 37.3 Å². The lowest BCUT2D eigenvalue weighted by molar-refractivity contribution is -0.174. The third kappa shape index (κ3) is 9.93. The van der Waals surface area contributed by atoms with E-state index in [9.17, 15) is 9.59 Å². The van der Waals surface area contributed by atoms with Crippen molar-refractivity contribution < 1.29 is 47.5 Å². The van der Waals surface area contributed by atoms with Crippen molar-refractivity contribution in [2.24, 2.45) is 23.7 Å². The van der Waals surface area contributed by atoms with Gasteiger partial charge in [0.25, 0.3) is 0 Å². The van der Waals surface area contributed by atoms with Gasteiger partial charge in [-0.3, -0.25) is 9.59 Å². The summed E-state index contributed by atoms with van der Waals surface area (Å²) in [6.07, 6.45) is 17.2. The zero-order valence-corrected chi connectivity index (χ0v) is 39.6. The largest absolute Gasteiger partial charge is 0.460 e. The van der Waals surface area contributed by atoms with E-state index in [1.165, 1.54) is 56.5 Å². The Bertz CT molecular complexity index is 1640. The number of allylic oxidation sites excluding steroid dienone is 2. The van der Waals surface area contributed by atoms with Gasteiger partial charge in [-0.05, 0) is 157 Å². The number of epoxide rings is 4. The molecule has 14 atom stereocenters. The van der Waals surface area contributed by atoms with Gasteiger partial charge in [0.2, 0.25) is 0 Å². The van der Waals surface area contributed by atoms with E-state index in [-0.39, 0.29) is 82.8 Å². The smallest absolute Gasteiger partial charge is 0.306 e. The van der Waals surface area contributed by atoms with Gasteiger partial charge in [-0.15, -0.1) is 0 Å². The summed E-state index contributed by atoms with van der Waals surface area (Å²) in [7, 11) is 5.65. The third-order valence-corrected chi connectivity index (χ3v) is 16.9. The average Bonchev–Trinajstić information content (AvgIpc) is 4.18. The molecule has 350 valence electrons. The lowest BCUT2D eigenvalue weighted by Crippen LogP contribution is -2.55. The number of ether oxygens (including phenoxy) is 8. The third-order valence-electron chi connectivity index (χ3n) is 16.9. The predicted molar refractivity (Wildman–Crippen MR) is 236 cm³/mol. The molecule has 0 N–H and O–H groups in total. The van der Waals surface area contributed by atoms with E-state index in [0.717, 1.165) is 71.1 Å². The van der Waals surface area contributed by atoms with Crippen molar-refractivity contribution in [1.82, 2.24) is 9.80 Å². The van der Waals surface area contributed by atoms with Crippen molar-refractivity contribution in [3.63, 3.8) is 0 Å². The van der Waals surface area contributed by atoms with E-state index < -0.39 is 0 Å². The highest BCUT2D eigenvalue weighted by Crippen LogP contribution is 2.61. The molecule has 12 heteroatoms. The normalized spacial score (nSPS) is 44.9. The van der Waals surface area contributed by atoms with E-state index in [4.69, 9.17) is 37.9 Å². The van der Waals surface area contributed by atoms with Crippen molar-refractivity contribution >= 4 is 11.9 Å². The molecule has 10 rings (SSSR count). The fraction of sp³-hybridized carbons (Fsp3) is 0.880. The lowest BCUT2D eigenvalue weighted by atomic mass is 9.68. The van der Waals surface area contributed by atoms with Gasteiger partial charge in [-0.2, -0.15) is 0 Å². The monoisotopic (exact) mass is 869 g/mol. The Balaban J connectivity index is 0.000000171. The minimum Gasteiger partial charge on any atom is -0.460 e.